The van der Waals surface area contributed by atoms with Crippen molar-refractivity contribution in [1.29, 1.82) is 0 Å². The molecule has 0 spiro atoms. The molecule has 1 saturated heterocycles. The highest BCUT2D eigenvalue weighted by atomic mass is 16.7. The van der Waals surface area contributed by atoms with Crippen LogP contribution in [0.3, 0.4) is 0 Å². The number of rotatable bonds is 6. The Balaban J connectivity index is 2.64. The monoisotopic (exact) mass is 350 g/mol. The molecule has 0 radical (unpaired) electrons. The van der Waals surface area contributed by atoms with E-state index in [1.165, 1.54) is 6.92 Å². The van der Waals surface area contributed by atoms with E-state index in [0.29, 0.717) is 0 Å². The average molecular weight is 350 g/mol. The molecule has 1 aliphatic carbocycles. The van der Waals surface area contributed by atoms with E-state index in [4.69, 9.17) is 4.74 Å². The lowest BCUT2D eigenvalue weighted by Crippen LogP contribution is -2.92. The summed E-state index contributed by atoms with van der Waals surface area (Å²) in [6.07, 6.45) is -5.28. The summed E-state index contributed by atoms with van der Waals surface area (Å²) in [5.74, 6) is -3.65. The van der Waals surface area contributed by atoms with Gasteiger partial charge in [-0.2, -0.15) is 0 Å². The topological polar surface area (TPSA) is 163 Å². The Morgan fingerprint density at radius 1 is 1.04 bits per heavy atom. The van der Waals surface area contributed by atoms with E-state index in [9.17, 15) is 35.1 Å². The van der Waals surface area contributed by atoms with Gasteiger partial charge in [0.25, 0.3) is 0 Å². The Morgan fingerprint density at radius 3 is 2.04 bits per heavy atom. The number of carbonyl (C=O) groups excluding carboxylic acids is 2. The number of ketones is 2. The van der Waals surface area contributed by atoms with Gasteiger partial charge in [0, 0.05) is 20.1 Å². The summed E-state index contributed by atoms with van der Waals surface area (Å²) in [5.41, 5.74) is -8.90. The quantitative estimate of drug-likeness (QED) is 0.322. The highest BCUT2D eigenvalue weighted by molar-refractivity contribution is 6.02. The van der Waals surface area contributed by atoms with Crippen LogP contribution < -0.4 is 0 Å². The first-order valence-corrected chi connectivity index (χ1v) is 7.28. The predicted molar refractivity (Wildman–Crippen MR) is 74.7 cm³/mol. The number of aliphatic hydroxyl groups excluding tert-OH is 2. The molecule has 10 nitrogen and oxygen atoms in total. The van der Waals surface area contributed by atoms with Gasteiger partial charge >= 0.3 is 0 Å². The van der Waals surface area contributed by atoms with Crippen molar-refractivity contribution in [2.24, 2.45) is 5.92 Å². The average Bonchev–Trinajstić information content (AvgIpc) is 2.55. The van der Waals surface area contributed by atoms with Crippen molar-refractivity contribution in [2.75, 3.05) is 27.4 Å². The van der Waals surface area contributed by atoms with Gasteiger partial charge in [0.05, 0.1) is 6.10 Å². The molecule has 1 heterocycles. The van der Waals surface area contributed by atoms with E-state index in [-0.39, 0.29) is 0 Å². The number of carbonyl (C=O) groups is 2. The van der Waals surface area contributed by atoms with Crippen LogP contribution >= 0.6 is 0 Å². The summed E-state index contributed by atoms with van der Waals surface area (Å²) >= 11 is 0. The zero-order valence-corrected chi connectivity index (χ0v) is 13.5. The van der Waals surface area contributed by atoms with E-state index in [0.717, 1.165) is 14.2 Å². The fourth-order valence-electron chi connectivity index (χ4n) is 3.62. The first kappa shape index (κ1) is 19.3. The largest absolute Gasteiger partial charge is 0.390 e. The maximum atomic E-state index is 12.5. The Morgan fingerprint density at radius 2 is 1.54 bits per heavy atom. The summed E-state index contributed by atoms with van der Waals surface area (Å²) in [6, 6.07) is 0. The van der Waals surface area contributed by atoms with Crippen LogP contribution in [0.1, 0.15) is 6.92 Å². The van der Waals surface area contributed by atoms with E-state index >= 15 is 0 Å². The Labute approximate surface area is 137 Å². The van der Waals surface area contributed by atoms with E-state index in [2.05, 4.69) is 9.47 Å². The molecule has 1 aliphatic heterocycles. The third-order valence-corrected chi connectivity index (χ3v) is 5.09. The second-order valence-corrected chi connectivity index (χ2v) is 6.20. The molecular formula is C14H22O10. The third-order valence-electron chi connectivity index (χ3n) is 5.09. The zero-order valence-electron chi connectivity index (χ0n) is 13.5. The summed E-state index contributed by atoms with van der Waals surface area (Å²) in [5, 5.41) is 52.7. The predicted octanol–water partition coefficient (Wildman–Crippen LogP) is -3.66. The van der Waals surface area contributed by atoms with Gasteiger partial charge in [0.15, 0.2) is 23.5 Å². The van der Waals surface area contributed by atoms with Crippen LogP contribution in [0.4, 0.5) is 0 Å². The second-order valence-electron chi connectivity index (χ2n) is 6.20. The van der Waals surface area contributed by atoms with Gasteiger partial charge in [-0.25, -0.2) is 0 Å². The van der Waals surface area contributed by atoms with Crippen molar-refractivity contribution in [2.45, 2.75) is 42.2 Å². The van der Waals surface area contributed by atoms with Crippen molar-refractivity contribution in [3.63, 3.8) is 0 Å². The number of Topliss-reactive ketones (excluding diaryl/α,β-unsaturated/α-hetero) is 2. The smallest absolute Gasteiger partial charge is 0.215 e. The molecular weight excluding hydrogens is 328 g/mol. The fraction of sp³-hybridized carbons (Fsp3) is 0.857. The molecule has 2 unspecified atom stereocenters. The lowest BCUT2D eigenvalue weighted by molar-refractivity contribution is -0.428. The first-order valence-electron chi connectivity index (χ1n) is 7.28. The van der Waals surface area contributed by atoms with Crippen LogP contribution in [0.15, 0.2) is 0 Å². The highest BCUT2D eigenvalue weighted by Crippen LogP contribution is 2.56. The van der Waals surface area contributed by atoms with E-state index < -0.39 is 66.0 Å². The molecule has 7 atom stereocenters. The van der Waals surface area contributed by atoms with E-state index in [1.54, 1.807) is 0 Å². The van der Waals surface area contributed by atoms with Gasteiger partial charge in [-0.15, -0.1) is 0 Å². The lowest BCUT2D eigenvalue weighted by atomic mass is 9.49. The van der Waals surface area contributed by atoms with Crippen molar-refractivity contribution in [1.82, 2.24) is 0 Å². The standard InChI is InChI=1S/C14H22O10/c1-6-9(17)10-12(6,19)14(21,8(16)5-23-3)13(20,11(18)24-10)7(15)4-22-2/h6,9-11,17-21H,4-5H2,1-3H3/t6?,9?,10-,11-,12-,13+,14+/m1/s1. The summed E-state index contributed by atoms with van der Waals surface area (Å²) in [6.45, 7) is -0.227. The molecule has 0 aromatic rings. The van der Waals surface area contributed by atoms with Crippen molar-refractivity contribution in [3.8, 4) is 0 Å². The molecule has 2 rings (SSSR count). The SMILES string of the molecule is COCC(=O)[C@]1(O)[C@@]2(O)C(C)C(O)[C@H]2O[C@@H](O)[C@@]1(O)C(=O)COC. The summed E-state index contributed by atoms with van der Waals surface area (Å²) in [4.78, 5) is 24.8. The molecule has 5 N–H and O–H groups in total. The van der Waals surface area contributed by atoms with Crippen LogP contribution in [0.25, 0.3) is 0 Å². The second kappa shape index (κ2) is 6.07. The first-order chi connectivity index (χ1) is 11.0. The van der Waals surface area contributed by atoms with Crippen LogP contribution in [-0.2, 0) is 23.8 Å². The molecule has 24 heavy (non-hydrogen) atoms. The molecule has 0 aromatic heterocycles. The maximum absolute atomic E-state index is 12.5. The summed E-state index contributed by atoms with van der Waals surface area (Å²) < 4.78 is 14.2. The minimum absolute atomic E-state index is 0.760. The minimum Gasteiger partial charge on any atom is -0.390 e. The van der Waals surface area contributed by atoms with Crippen molar-refractivity contribution in [3.05, 3.63) is 0 Å². The summed E-state index contributed by atoms with van der Waals surface area (Å²) in [7, 11) is 2.26. The molecule has 0 bridgehead atoms. The molecule has 0 aromatic carbocycles. The van der Waals surface area contributed by atoms with Gasteiger partial charge < -0.3 is 39.7 Å². The number of fused-ring (bicyclic) bond motifs is 1. The Kier molecular flexibility index (Phi) is 4.90. The van der Waals surface area contributed by atoms with Gasteiger partial charge in [0.1, 0.15) is 24.9 Å². The Hall–Kier alpha value is -0.980. The molecule has 1 saturated carbocycles. The van der Waals surface area contributed by atoms with Crippen LogP contribution in [0.2, 0.25) is 0 Å². The van der Waals surface area contributed by atoms with E-state index in [1.807, 2.05) is 0 Å². The molecule has 2 fully saturated rings. The molecule has 10 heteroatoms. The van der Waals surface area contributed by atoms with Crippen LogP contribution in [0.5, 0.6) is 0 Å². The number of ether oxygens (including phenoxy) is 3. The molecule has 0 amide bonds. The maximum Gasteiger partial charge on any atom is 0.215 e. The number of methoxy groups -OCH3 is 2. The number of hydrogen-bond donors (Lipinski definition) is 5. The van der Waals surface area contributed by atoms with Gasteiger partial charge in [-0.05, 0) is 0 Å². The van der Waals surface area contributed by atoms with Gasteiger partial charge in [-0.1, -0.05) is 6.92 Å². The van der Waals surface area contributed by atoms with Gasteiger partial charge in [0.2, 0.25) is 5.60 Å². The molecule has 2 aliphatic rings. The van der Waals surface area contributed by atoms with Crippen molar-refractivity contribution >= 4 is 11.6 Å². The Bertz CT molecular complexity index is 538. The zero-order chi connectivity index (χ0) is 18.5. The number of hydrogen-bond acceptors (Lipinski definition) is 10. The van der Waals surface area contributed by atoms with Crippen LogP contribution in [0, 0.1) is 5.92 Å². The number of aliphatic hydroxyl groups is 5. The lowest BCUT2D eigenvalue weighted by Gasteiger charge is -2.67. The highest BCUT2D eigenvalue weighted by Gasteiger charge is 2.84. The molecule has 138 valence electrons. The third kappa shape index (κ3) is 1.99. The normalized spacial score (nSPS) is 47.7. The van der Waals surface area contributed by atoms with Crippen LogP contribution in [-0.4, -0.2) is 99.8 Å². The fourth-order valence-corrected chi connectivity index (χ4v) is 3.62. The van der Waals surface area contributed by atoms with Gasteiger partial charge in [-0.3, -0.25) is 9.59 Å². The minimum atomic E-state index is -3.21. The van der Waals surface area contributed by atoms with Crippen molar-refractivity contribution < 1.29 is 49.3 Å².